The molecule has 1 aliphatic heterocycles. The average Bonchev–Trinajstić information content (AvgIpc) is 2.84. The summed E-state index contributed by atoms with van der Waals surface area (Å²) in [7, 11) is -1.89. The number of piperidine rings is 1. The van der Waals surface area contributed by atoms with Crippen molar-refractivity contribution in [3.05, 3.63) is 62.6 Å². The number of rotatable bonds is 8. The Balaban J connectivity index is 1.72. The fourth-order valence-electron chi connectivity index (χ4n) is 4.40. The number of amides is 2. The molecule has 2 aromatic rings. The van der Waals surface area contributed by atoms with Crippen LogP contribution in [0.2, 0.25) is 10.0 Å². The minimum Gasteiger partial charge on any atom is -0.465 e. The van der Waals surface area contributed by atoms with Crippen LogP contribution in [0.3, 0.4) is 0 Å². The molecular formula is C25H31Cl2N3O5S. The lowest BCUT2D eigenvalue weighted by atomic mass is 10.0. The topological polar surface area (TPSA) is 107 Å². The first kappa shape index (κ1) is 28.2. The summed E-state index contributed by atoms with van der Waals surface area (Å²) in [6.07, 6.45) is 0.765. The van der Waals surface area contributed by atoms with Crippen molar-refractivity contribution in [3.8, 4) is 0 Å². The molecule has 2 amide bonds. The Morgan fingerprint density at radius 3 is 2.58 bits per heavy atom. The van der Waals surface area contributed by atoms with Gasteiger partial charge in [0.25, 0.3) is 5.91 Å². The van der Waals surface area contributed by atoms with E-state index in [9.17, 15) is 23.1 Å². The third kappa shape index (κ3) is 6.70. The second kappa shape index (κ2) is 11.8. The highest BCUT2D eigenvalue weighted by Gasteiger charge is 2.27. The second-order valence-electron chi connectivity index (χ2n) is 9.02. The van der Waals surface area contributed by atoms with Crippen LogP contribution in [-0.4, -0.2) is 67.3 Å². The van der Waals surface area contributed by atoms with Gasteiger partial charge in [0.15, 0.2) is 9.84 Å². The number of nitrogens with zero attached hydrogens (tertiary/aromatic N) is 2. The Kier molecular flexibility index (Phi) is 9.27. The normalized spacial score (nSPS) is 16.5. The third-order valence-corrected chi connectivity index (χ3v) is 8.97. The van der Waals surface area contributed by atoms with Gasteiger partial charge >= 0.3 is 6.09 Å². The number of likely N-dealkylation sites (tertiary alicyclic amines) is 1. The molecule has 1 fully saturated rings. The molecule has 0 bridgehead atoms. The molecule has 36 heavy (non-hydrogen) atoms. The maximum absolute atomic E-state index is 12.9. The first-order valence-electron chi connectivity index (χ1n) is 11.7. The minimum absolute atomic E-state index is 0.00135. The van der Waals surface area contributed by atoms with Crippen molar-refractivity contribution in [2.45, 2.75) is 50.7 Å². The van der Waals surface area contributed by atoms with Gasteiger partial charge in [-0.25, -0.2) is 13.2 Å². The first-order chi connectivity index (χ1) is 16.9. The van der Waals surface area contributed by atoms with Crippen molar-refractivity contribution in [2.75, 3.05) is 25.9 Å². The summed E-state index contributed by atoms with van der Waals surface area (Å²) >= 11 is 12.6. The molecular weight excluding hydrogens is 525 g/mol. The molecule has 3 rings (SSSR count). The van der Waals surface area contributed by atoms with Gasteiger partial charge in [-0.05, 0) is 73.3 Å². The molecule has 1 saturated heterocycles. The maximum Gasteiger partial charge on any atom is 0.407 e. The number of hydrogen-bond acceptors (Lipinski definition) is 5. The van der Waals surface area contributed by atoms with E-state index in [-0.39, 0.29) is 29.1 Å². The molecule has 2 aromatic carbocycles. The molecule has 0 saturated carbocycles. The second-order valence-corrected chi connectivity index (χ2v) is 12.1. The highest BCUT2D eigenvalue weighted by molar-refractivity contribution is 7.91. The van der Waals surface area contributed by atoms with Crippen molar-refractivity contribution in [2.24, 2.45) is 0 Å². The quantitative estimate of drug-likeness (QED) is 0.492. The molecule has 1 aliphatic rings. The van der Waals surface area contributed by atoms with E-state index in [2.05, 4.69) is 10.2 Å². The van der Waals surface area contributed by atoms with Crippen molar-refractivity contribution >= 4 is 45.0 Å². The summed E-state index contributed by atoms with van der Waals surface area (Å²) in [5.41, 5.74) is 2.52. The zero-order valence-electron chi connectivity index (χ0n) is 20.6. The van der Waals surface area contributed by atoms with Crippen LogP contribution in [0.15, 0.2) is 35.2 Å². The van der Waals surface area contributed by atoms with Gasteiger partial charge in [-0.2, -0.15) is 0 Å². The van der Waals surface area contributed by atoms with Crippen LogP contribution in [-0.2, 0) is 22.9 Å². The van der Waals surface area contributed by atoms with Gasteiger partial charge in [-0.3, -0.25) is 9.69 Å². The highest BCUT2D eigenvalue weighted by atomic mass is 35.5. The van der Waals surface area contributed by atoms with Crippen LogP contribution < -0.4 is 5.32 Å². The molecule has 0 unspecified atom stereocenters. The summed E-state index contributed by atoms with van der Waals surface area (Å²) < 4.78 is 24.8. The van der Waals surface area contributed by atoms with Gasteiger partial charge < -0.3 is 15.3 Å². The lowest BCUT2D eigenvalue weighted by Gasteiger charge is -2.36. The van der Waals surface area contributed by atoms with E-state index < -0.39 is 15.9 Å². The minimum atomic E-state index is -3.48. The number of likely N-dealkylation sites (N-methyl/N-ethyl adjacent to an activating group) is 1. The number of benzene rings is 2. The Morgan fingerprint density at radius 1 is 1.22 bits per heavy atom. The number of aryl methyl sites for hydroxylation is 1. The van der Waals surface area contributed by atoms with Gasteiger partial charge in [-0.15, -0.1) is 0 Å². The molecule has 1 atom stereocenters. The van der Waals surface area contributed by atoms with Crippen LogP contribution in [0.4, 0.5) is 4.79 Å². The van der Waals surface area contributed by atoms with Gasteiger partial charge in [0.2, 0.25) is 0 Å². The smallest absolute Gasteiger partial charge is 0.407 e. The van der Waals surface area contributed by atoms with Gasteiger partial charge in [-0.1, -0.05) is 30.1 Å². The summed E-state index contributed by atoms with van der Waals surface area (Å²) in [5, 5.41) is 12.9. The number of nitrogens with one attached hydrogen (secondary N) is 1. The molecule has 0 radical (unpaired) electrons. The van der Waals surface area contributed by atoms with Crippen LogP contribution in [0, 0.1) is 6.92 Å². The zero-order chi connectivity index (χ0) is 26.6. The molecule has 0 spiro atoms. The van der Waals surface area contributed by atoms with Crippen molar-refractivity contribution in [1.82, 2.24) is 15.1 Å². The Morgan fingerprint density at radius 2 is 1.94 bits per heavy atom. The van der Waals surface area contributed by atoms with Crippen molar-refractivity contribution < 1.29 is 23.1 Å². The highest BCUT2D eigenvalue weighted by Crippen LogP contribution is 2.27. The van der Waals surface area contributed by atoms with E-state index in [1.54, 1.807) is 32.2 Å². The van der Waals surface area contributed by atoms with E-state index in [1.807, 2.05) is 6.92 Å². The number of carboxylic acid groups (broad SMARTS) is 1. The van der Waals surface area contributed by atoms with E-state index in [0.29, 0.717) is 34.3 Å². The Hall–Kier alpha value is -2.33. The lowest BCUT2D eigenvalue weighted by Crippen LogP contribution is -2.47. The fourth-order valence-corrected chi connectivity index (χ4v) is 6.04. The lowest BCUT2D eigenvalue weighted by molar-refractivity contribution is 0.0948. The van der Waals surface area contributed by atoms with Crippen molar-refractivity contribution in [1.29, 1.82) is 0 Å². The standard InChI is InChI=1S/C25H31Cl2N3O5S/c1-4-36(34,35)23-8-7-19(26)11-18(23)13-28-24(31)17-10-16(2)21(22(27)12-17)15-30-9-5-6-20(14-30)29(3)25(32)33/h7-8,10-12,20H,4-6,9,13-15H2,1-3H3,(H,28,31)(H,32,33)/t20-/m0/s1. The van der Waals surface area contributed by atoms with Crippen LogP contribution in [0.5, 0.6) is 0 Å². The molecule has 11 heteroatoms. The van der Waals surface area contributed by atoms with Crippen LogP contribution in [0.1, 0.15) is 46.8 Å². The monoisotopic (exact) mass is 555 g/mol. The van der Waals surface area contributed by atoms with E-state index >= 15 is 0 Å². The number of carbonyl (C=O) groups is 2. The van der Waals surface area contributed by atoms with Crippen molar-refractivity contribution in [3.63, 3.8) is 0 Å². The molecule has 0 aliphatic carbocycles. The molecule has 2 N–H and O–H groups in total. The SMILES string of the molecule is CCS(=O)(=O)c1ccc(Cl)cc1CNC(=O)c1cc(C)c(CN2CCC[C@H](N(C)C(=O)O)C2)c(Cl)c1. The van der Waals surface area contributed by atoms with Gasteiger partial charge in [0, 0.05) is 48.3 Å². The van der Waals surface area contributed by atoms with Crippen LogP contribution >= 0.6 is 23.2 Å². The predicted molar refractivity (Wildman–Crippen MR) is 141 cm³/mol. The summed E-state index contributed by atoms with van der Waals surface area (Å²) in [6.45, 7) is 5.45. The zero-order valence-corrected chi connectivity index (χ0v) is 22.9. The largest absolute Gasteiger partial charge is 0.465 e. The Bertz CT molecular complexity index is 1230. The summed E-state index contributed by atoms with van der Waals surface area (Å²) in [4.78, 5) is 27.9. The third-order valence-electron chi connectivity index (χ3n) is 6.57. The number of hydrogen-bond donors (Lipinski definition) is 2. The maximum atomic E-state index is 12.9. The average molecular weight is 557 g/mol. The first-order valence-corrected chi connectivity index (χ1v) is 14.1. The van der Waals surface area contributed by atoms with Gasteiger partial charge in [0.1, 0.15) is 0 Å². The number of carbonyl (C=O) groups excluding carboxylic acids is 1. The number of halogens is 2. The fraction of sp³-hybridized carbons (Fsp3) is 0.440. The van der Waals surface area contributed by atoms with Crippen LogP contribution in [0.25, 0.3) is 0 Å². The molecule has 0 aromatic heterocycles. The summed E-state index contributed by atoms with van der Waals surface area (Å²) in [6, 6.07) is 7.79. The van der Waals surface area contributed by atoms with E-state index in [0.717, 1.165) is 30.5 Å². The molecule has 196 valence electrons. The van der Waals surface area contributed by atoms with E-state index in [4.69, 9.17) is 23.2 Å². The van der Waals surface area contributed by atoms with E-state index in [1.165, 1.54) is 17.0 Å². The Labute approximate surface area is 222 Å². The van der Waals surface area contributed by atoms with Gasteiger partial charge in [0.05, 0.1) is 10.6 Å². The molecule has 1 heterocycles. The number of sulfone groups is 1. The predicted octanol–water partition coefficient (Wildman–Crippen LogP) is 4.60. The molecule has 8 nitrogen and oxygen atoms in total. The summed E-state index contributed by atoms with van der Waals surface area (Å²) in [5.74, 6) is -0.441.